The summed E-state index contributed by atoms with van der Waals surface area (Å²) >= 11 is 3.44. The van der Waals surface area contributed by atoms with Crippen LogP contribution in [0.1, 0.15) is 58.8 Å². The zero-order valence-corrected chi connectivity index (χ0v) is 11.4. The molecule has 2 nitrogen and oxygen atoms in total. The fraction of sp³-hybridized carbons (Fsp3) is 0.917. The lowest BCUT2D eigenvalue weighted by Gasteiger charge is -2.15. The van der Waals surface area contributed by atoms with Gasteiger partial charge in [-0.2, -0.15) is 0 Å². The molecule has 0 saturated carbocycles. The number of aliphatic hydroxyl groups excluding tert-OH is 1. The molecule has 0 saturated heterocycles. The number of hydrogen-bond donors (Lipinski definition) is 1. The first kappa shape index (κ1) is 15.1. The minimum absolute atomic E-state index is 0.0536. The quantitative estimate of drug-likeness (QED) is 0.518. The van der Waals surface area contributed by atoms with Gasteiger partial charge in [0.05, 0.1) is 6.10 Å². The Morgan fingerprint density at radius 3 is 2.40 bits per heavy atom. The second kappa shape index (κ2) is 9.34. The van der Waals surface area contributed by atoms with Crippen LogP contribution in [-0.2, 0) is 4.79 Å². The summed E-state index contributed by atoms with van der Waals surface area (Å²) in [6.45, 7) is 3.72. The van der Waals surface area contributed by atoms with E-state index in [9.17, 15) is 9.90 Å². The molecule has 3 heteroatoms. The number of carbonyl (C=O) groups excluding carboxylic acids is 1. The highest BCUT2D eigenvalue weighted by molar-refractivity contribution is 9.09. The summed E-state index contributed by atoms with van der Waals surface area (Å²) < 4.78 is 0. The van der Waals surface area contributed by atoms with E-state index < -0.39 is 6.10 Å². The van der Waals surface area contributed by atoms with Gasteiger partial charge in [0.15, 0.2) is 0 Å². The van der Waals surface area contributed by atoms with Crippen LogP contribution in [0.4, 0.5) is 0 Å². The van der Waals surface area contributed by atoms with E-state index in [0.717, 1.165) is 12.8 Å². The molecule has 1 N–H and O–H groups in total. The number of halogens is 1. The molecule has 0 aromatic heterocycles. The Hall–Kier alpha value is 0.110. The normalized spacial score (nSPS) is 14.9. The van der Waals surface area contributed by atoms with Crippen LogP contribution < -0.4 is 0 Å². The number of hydrogen-bond acceptors (Lipinski definition) is 2. The van der Waals surface area contributed by atoms with Crippen molar-refractivity contribution in [1.29, 1.82) is 0 Å². The second-order valence-corrected chi connectivity index (χ2v) is 5.37. The highest BCUT2D eigenvalue weighted by Crippen LogP contribution is 2.18. The molecule has 0 bridgehead atoms. The largest absolute Gasteiger partial charge is 0.392 e. The Morgan fingerprint density at radius 2 is 1.87 bits per heavy atom. The molecule has 0 aliphatic carbocycles. The number of alkyl halides is 1. The summed E-state index contributed by atoms with van der Waals surface area (Å²) in [4.78, 5) is 10.9. The van der Waals surface area contributed by atoms with Crippen molar-refractivity contribution >= 4 is 21.7 Å². The van der Waals surface area contributed by atoms with E-state index in [1.165, 1.54) is 32.6 Å². The number of Topliss-reactive ketones (excluding diaryl/α,β-unsaturated/α-hetero) is 1. The van der Waals surface area contributed by atoms with E-state index in [0.29, 0.717) is 0 Å². The third-order valence-corrected chi connectivity index (χ3v) is 3.57. The molecule has 0 heterocycles. The van der Waals surface area contributed by atoms with Crippen molar-refractivity contribution in [3.63, 3.8) is 0 Å². The average molecular weight is 279 g/mol. The van der Waals surface area contributed by atoms with Crippen LogP contribution in [0.15, 0.2) is 0 Å². The first-order chi connectivity index (χ1) is 7.07. The molecule has 0 spiro atoms. The highest BCUT2D eigenvalue weighted by atomic mass is 79.9. The van der Waals surface area contributed by atoms with Gasteiger partial charge in [0.25, 0.3) is 0 Å². The van der Waals surface area contributed by atoms with Gasteiger partial charge in [-0.25, -0.2) is 0 Å². The maximum Gasteiger partial charge on any atom is 0.132 e. The minimum Gasteiger partial charge on any atom is -0.392 e. The van der Waals surface area contributed by atoms with Crippen molar-refractivity contribution in [2.75, 3.05) is 0 Å². The molecular weight excluding hydrogens is 256 g/mol. The van der Waals surface area contributed by atoms with E-state index in [-0.39, 0.29) is 17.0 Å². The van der Waals surface area contributed by atoms with Crippen LogP contribution in [0.3, 0.4) is 0 Å². The van der Waals surface area contributed by atoms with Crippen molar-refractivity contribution in [3.8, 4) is 0 Å². The summed E-state index contributed by atoms with van der Waals surface area (Å²) in [6, 6.07) is 0. The number of aliphatic hydroxyl groups is 1. The summed E-state index contributed by atoms with van der Waals surface area (Å²) in [7, 11) is 0. The van der Waals surface area contributed by atoms with Crippen LogP contribution in [0, 0.1) is 0 Å². The van der Waals surface area contributed by atoms with E-state index in [2.05, 4.69) is 22.9 Å². The van der Waals surface area contributed by atoms with Crippen molar-refractivity contribution in [2.45, 2.75) is 69.7 Å². The van der Waals surface area contributed by atoms with E-state index in [1.807, 2.05) is 0 Å². The molecule has 0 aliphatic heterocycles. The van der Waals surface area contributed by atoms with Gasteiger partial charge in [-0.3, -0.25) is 4.79 Å². The van der Waals surface area contributed by atoms with Crippen LogP contribution in [-0.4, -0.2) is 21.8 Å². The predicted molar refractivity (Wildman–Crippen MR) is 67.4 cm³/mol. The van der Waals surface area contributed by atoms with Crippen molar-refractivity contribution in [2.24, 2.45) is 0 Å². The van der Waals surface area contributed by atoms with E-state index >= 15 is 0 Å². The third-order valence-electron chi connectivity index (χ3n) is 2.50. The van der Waals surface area contributed by atoms with Crippen LogP contribution in [0.5, 0.6) is 0 Å². The lowest BCUT2D eigenvalue weighted by molar-refractivity contribution is -0.118. The molecule has 0 aliphatic rings. The van der Waals surface area contributed by atoms with Crippen LogP contribution >= 0.6 is 15.9 Å². The highest BCUT2D eigenvalue weighted by Gasteiger charge is 2.16. The van der Waals surface area contributed by atoms with Gasteiger partial charge in [-0.1, -0.05) is 55.0 Å². The minimum atomic E-state index is -0.520. The predicted octanol–water partition coefficient (Wildman–Crippen LogP) is 3.45. The number of rotatable bonds is 9. The van der Waals surface area contributed by atoms with Gasteiger partial charge >= 0.3 is 0 Å². The molecule has 90 valence electrons. The van der Waals surface area contributed by atoms with Gasteiger partial charge in [-0.15, -0.1) is 0 Å². The summed E-state index contributed by atoms with van der Waals surface area (Å²) in [5.41, 5.74) is 0. The molecule has 0 radical (unpaired) electrons. The second-order valence-electron chi connectivity index (χ2n) is 4.19. The van der Waals surface area contributed by atoms with Gasteiger partial charge in [0, 0.05) is 11.2 Å². The Bertz CT molecular complexity index is 171. The first-order valence-electron chi connectivity index (χ1n) is 5.89. The maximum atomic E-state index is 10.8. The number of unbranched alkanes of at least 4 members (excludes halogenated alkanes) is 4. The fourth-order valence-electron chi connectivity index (χ4n) is 1.56. The molecule has 2 atom stereocenters. The summed E-state index contributed by atoms with van der Waals surface area (Å²) in [5, 5.41) is 9.62. The third kappa shape index (κ3) is 9.06. The number of carbonyl (C=O) groups is 1. The Morgan fingerprint density at radius 1 is 1.27 bits per heavy atom. The standard InChI is InChI=1S/C12H23BrO2/c1-3-4-5-6-7-8-11(13)12(15)9-10(2)14/h11-12,15H,3-9H2,1-2H3. The van der Waals surface area contributed by atoms with Gasteiger partial charge in [0.1, 0.15) is 5.78 Å². The maximum absolute atomic E-state index is 10.8. The molecule has 0 aromatic carbocycles. The summed E-state index contributed by atoms with van der Waals surface area (Å²) in [6.07, 6.45) is 6.89. The SMILES string of the molecule is CCCCCCCC(Br)C(O)CC(C)=O. The topological polar surface area (TPSA) is 37.3 Å². The van der Waals surface area contributed by atoms with Crippen molar-refractivity contribution in [1.82, 2.24) is 0 Å². The van der Waals surface area contributed by atoms with Gasteiger partial charge in [-0.05, 0) is 13.3 Å². The lowest BCUT2D eigenvalue weighted by atomic mass is 10.0. The average Bonchev–Trinajstić information content (AvgIpc) is 2.16. The molecule has 2 unspecified atom stereocenters. The lowest BCUT2D eigenvalue weighted by Crippen LogP contribution is -2.22. The molecule has 0 rings (SSSR count). The number of ketones is 1. The molecular formula is C12H23BrO2. The molecule has 15 heavy (non-hydrogen) atoms. The Kier molecular flexibility index (Phi) is 9.41. The summed E-state index contributed by atoms with van der Waals surface area (Å²) in [5.74, 6) is 0.0536. The first-order valence-corrected chi connectivity index (χ1v) is 6.81. The Balaban J connectivity index is 3.46. The van der Waals surface area contributed by atoms with Crippen molar-refractivity contribution in [3.05, 3.63) is 0 Å². The van der Waals surface area contributed by atoms with E-state index in [1.54, 1.807) is 0 Å². The molecule has 0 amide bonds. The van der Waals surface area contributed by atoms with Gasteiger partial charge < -0.3 is 5.11 Å². The molecule has 0 fully saturated rings. The molecule has 0 aromatic rings. The van der Waals surface area contributed by atoms with Crippen molar-refractivity contribution < 1.29 is 9.90 Å². The zero-order valence-electron chi connectivity index (χ0n) is 9.84. The van der Waals surface area contributed by atoms with Crippen LogP contribution in [0.25, 0.3) is 0 Å². The smallest absolute Gasteiger partial charge is 0.132 e. The monoisotopic (exact) mass is 278 g/mol. The zero-order chi connectivity index (χ0) is 11.7. The fourth-order valence-corrected chi connectivity index (χ4v) is 2.07. The van der Waals surface area contributed by atoms with Crippen LogP contribution in [0.2, 0.25) is 0 Å². The van der Waals surface area contributed by atoms with E-state index in [4.69, 9.17) is 0 Å². The Labute approximate surface area is 102 Å². The van der Waals surface area contributed by atoms with Gasteiger partial charge in [0.2, 0.25) is 0 Å².